The SMILES string of the molecule is COc1cc2c(cc1OC)C(C)N(C(=O)[C@@H]1CC(n3cc(-c4ccc(Cl)c(F)c4)nn3)CN1C(=O)OC(C)(C)C)CC(C)C2. The number of methoxy groups -OCH3 is 2. The number of nitrogens with zero attached hydrogens (tertiary/aromatic N) is 5. The molecule has 0 radical (unpaired) electrons. The Morgan fingerprint density at radius 3 is 2.39 bits per heavy atom. The monoisotopic (exact) mass is 627 g/mol. The number of hydrogen-bond acceptors (Lipinski definition) is 7. The molecule has 0 aliphatic carbocycles. The summed E-state index contributed by atoms with van der Waals surface area (Å²) in [6.45, 7) is 10.2. The van der Waals surface area contributed by atoms with Crippen LogP contribution in [0.25, 0.3) is 11.3 Å². The van der Waals surface area contributed by atoms with Crippen LogP contribution in [0.15, 0.2) is 36.5 Å². The molecule has 2 aromatic carbocycles. The van der Waals surface area contributed by atoms with Crippen LogP contribution < -0.4 is 9.47 Å². The molecule has 10 nitrogen and oxygen atoms in total. The number of amides is 2. The summed E-state index contributed by atoms with van der Waals surface area (Å²) >= 11 is 5.85. The highest BCUT2D eigenvalue weighted by Gasteiger charge is 2.45. The van der Waals surface area contributed by atoms with Crippen LogP contribution in [0.1, 0.15) is 64.3 Å². The molecule has 1 aromatic heterocycles. The Hall–Kier alpha value is -3.86. The van der Waals surface area contributed by atoms with E-state index in [0.717, 1.165) is 17.5 Å². The van der Waals surface area contributed by atoms with E-state index in [9.17, 15) is 14.0 Å². The lowest BCUT2D eigenvalue weighted by atomic mass is 9.95. The van der Waals surface area contributed by atoms with Crippen LogP contribution in [0, 0.1) is 11.7 Å². The molecular weight excluding hydrogens is 589 g/mol. The number of rotatable bonds is 5. The second-order valence-electron chi connectivity index (χ2n) is 12.6. The van der Waals surface area contributed by atoms with Gasteiger partial charge in [-0.25, -0.2) is 13.9 Å². The van der Waals surface area contributed by atoms with Gasteiger partial charge in [-0.05, 0) is 75.4 Å². The van der Waals surface area contributed by atoms with Gasteiger partial charge in [-0.15, -0.1) is 5.10 Å². The Bertz CT molecular complexity index is 1560. The molecule has 0 spiro atoms. The summed E-state index contributed by atoms with van der Waals surface area (Å²) in [5.41, 5.74) is 2.30. The number of carbonyl (C=O) groups is 2. The van der Waals surface area contributed by atoms with Crippen molar-refractivity contribution >= 4 is 23.6 Å². The number of carbonyl (C=O) groups excluding carboxylic acids is 2. The van der Waals surface area contributed by atoms with Gasteiger partial charge in [-0.3, -0.25) is 9.69 Å². The maximum atomic E-state index is 14.5. The second-order valence-corrected chi connectivity index (χ2v) is 13.0. The number of fused-ring (bicyclic) bond motifs is 1. The second kappa shape index (κ2) is 12.3. The van der Waals surface area contributed by atoms with E-state index in [2.05, 4.69) is 17.2 Å². The van der Waals surface area contributed by atoms with Crippen LogP contribution >= 0.6 is 11.6 Å². The van der Waals surface area contributed by atoms with Gasteiger partial charge in [0.1, 0.15) is 23.2 Å². The molecule has 3 unspecified atom stereocenters. The van der Waals surface area contributed by atoms with Gasteiger partial charge in [-0.2, -0.15) is 0 Å². The number of likely N-dealkylation sites (tertiary alicyclic amines) is 1. The van der Waals surface area contributed by atoms with E-state index >= 15 is 0 Å². The van der Waals surface area contributed by atoms with Crippen molar-refractivity contribution in [1.82, 2.24) is 24.8 Å². The Labute approximate surface area is 262 Å². The zero-order valence-electron chi connectivity index (χ0n) is 26.1. The highest BCUT2D eigenvalue weighted by Crippen LogP contribution is 2.40. The Kier molecular flexibility index (Phi) is 8.80. The minimum Gasteiger partial charge on any atom is -0.493 e. The average molecular weight is 628 g/mol. The summed E-state index contributed by atoms with van der Waals surface area (Å²) in [6, 6.07) is 6.94. The van der Waals surface area contributed by atoms with E-state index in [0.29, 0.717) is 35.7 Å². The predicted octanol–water partition coefficient (Wildman–Crippen LogP) is 6.09. The molecule has 2 amide bonds. The maximum Gasteiger partial charge on any atom is 0.411 e. The lowest BCUT2D eigenvalue weighted by Gasteiger charge is -2.35. The van der Waals surface area contributed by atoms with Crippen LogP contribution in [-0.2, 0) is 16.0 Å². The van der Waals surface area contributed by atoms with Crippen LogP contribution in [0.2, 0.25) is 5.02 Å². The highest BCUT2D eigenvalue weighted by molar-refractivity contribution is 6.30. The van der Waals surface area contributed by atoms with Crippen molar-refractivity contribution in [2.45, 2.75) is 71.2 Å². The molecule has 2 aliphatic rings. The van der Waals surface area contributed by atoms with E-state index in [1.165, 1.54) is 17.0 Å². The zero-order chi connectivity index (χ0) is 31.9. The summed E-state index contributed by atoms with van der Waals surface area (Å²) in [6.07, 6.45) is 2.20. The molecule has 4 atom stereocenters. The summed E-state index contributed by atoms with van der Waals surface area (Å²) < 4.78 is 32.6. The standard InChI is InChI=1S/C32H39ClFN5O5/c1-18-10-21-12-28(42-6)29(43-7)14-23(21)19(2)37(15-18)30(40)27-13-22(16-38(27)31(41)44-32(3,4)5)39-17-26(35-36-39)20-8-9-24(33)25(34)11-20/h8-9,11-12,14,17-19,22,27H,10,13,15-16H2,1-7H3/t18?,19?,22?,27-/m0/s1. The third-order valence-corrected chi connectivity index (χ3v) is 8.52. The highest BCUT2D eigenvalue weighted by atomic mass is 35.5. The first-order chi connectivity index (χ1) is 20.8. The van der Waals surface area contributed by atoms with Crippen LogP contribution in [-0.4, -0.2) is 75.7 Å². The summed E-state index contributed by atoms with van der Waals surface area (Å²) in [5, 5.41) is 8.54. The third-order valence-electron chi connectivity index (χ3n) is 8.21. The Morgan fingerprint density at radius 2 is 1.73 bits per heavy atom. The quantitative estimate of drug-likeness (QED) is 0.338. The molecule has 44 heavy (non-hydrogen) atoms. The molecule has 0 bridgehead atoms. The first kappa shape index (κ1) is 31.6. The smallest absolute Gasteiger partial charge is 0.411 e. The molecule has 1 fully saturated rings. The molecule has 0 N–H and O–H groups in total. The Balaban J connectivity index is 1.46. The van der Waals surface area contributed by atoms with E-state index in [1.54, 1.807) is 51.9 Å². The first-order valence-corrected chi connectivity index (χ1v) is 15.1. The molecule has 5 rings (SSSR count). The van der Waals surface area contributed by atoms with Crippen molar-refractivity contribution in [3.8, 4) is 22.8 Å². The molecule has 0 saturated carbocycles. The summed E-state index contributed by atoms with van der Waals surface area (Å²) in [7, 11) is 3.20. The van der Waals surface area contributed by atoms with Gasteiger partial charge in [0.15, 0.2) is 11.5 Å². The maximum absolute atomic E-state index is 14.5. The van der Waals surface area contributed by atoms with Crippen LogP contribution in [0.3, 0.4) is 0 Å². The van der Waals surface area contributed by atoms with Crippen molar-refractivity contribution in [3.05, 3.63) is 58.5 Å². The lowest BCUT2D eigenvalue weighted by molar-refractivity contribution is -0.138. The molecule has 3 aromatic rings. The van der Waals surface area contributed by atoms with Gasteiger partial charge in [0, 0.05) is 25.1 Å². The van der Waals surface area contributed by atoms with Crippen LogP contribution in [0.4, 0.5) is 9.18 Å². The molecule has 236 valence electrons. The minimum atomic E-state index is -0.785. The van der Waals surface area contributed by atoms with Gasteiger partial charge >= 0.3 is 6.09 Å². The van der Waals surface area contributed by atoms with Crippen molar-refractivity contribution < 1.29 is 28.2 Å². The molecular formula is C32H39ClFN5O5. The average Bonchev–Trinajstić information content (AvgIpc) is 3.61. The van der Waals surface area contributed by atoms with Crippen molar-refractivity contribution in [2.75, 3.05) is 27.3 Å². The molecule has 2 aliphatic heterocycles. The van der Waals surface area contributed by atoms with Gasteiger partial charge in [0.25, 0.3) is 0 Å². The lowest BCUT2D eigenvalue weighted by Crippen LogP contribution is -2.50. The number of halogens is 2. The number of ether oxygens (including phenoxy) is 3. The fourth-order valence-corrected chi connectivity index (χ4v) is 6.20. The number of hydrogen-bond donors (Lipinski definition) is 0. The molecule has 12 heteroatoms. The van der Waals surface area contributed by atoms with E-state index in [-0.39, 0.29) is 35.5 Å². The summed E-state index contributed by atoms with van der Waals surface area (Å²) in [4.78, 5) is 31.3. The van der Waals surface area contributed by atoms with E-state index < -0.39 is 23.6 Å². The van der Waals surface area contributed by atoms with Crippen molar-refractivity contribution in [2.24, 2.45) is 5.92 Å². The van der Waals surface area contributed by atoms with Crippen LogP contribution in [0.5, 0.6) is 11.5 Å². The summed E-state index contributed by atoms with van der Waals surface area (Å²) in [5.74, 6) is 0.679. The van der Waals surface area contributed by atoms with Crippen molar-refractivity contribution in [1.29, 1.82) is 0 Å². The number of aromatic nitrogens is 3. The topological polar surface area (TPSA) is 99.0 Å². The van der Waals surface area contributed by atoms with Gasteiger partial charge in [0.05, 0.1) is 37.5 Å². The van der Waals surface area contributed by atoms with Gasteiger partial charge < -0.3 is 19.1 Å². The fraction of sp³-hybridized carbons (Fsp3) is 0.500. The zero-order valence-corrected chi connectivity index (χ0v) is 26.9. The van der Waals surface area contributed by atoms with Gasteiger partial charge in [0.2, 0.25) is 5.91 Å². The fourth-order valence-electron chi connectivity index (χ4n) is 6.08. The van der Waals surface area contributed by atoms with E-state index in [4.69, 9.17) is 25.8 Å². The van der Waals surface area contributed by atoms with Gasteiger partial charge in [-0.1, -0.05) is 29.8 Å². The first-order valence-electron chi connectivity index (χ1n) is 14.7. The molecule has 1 saturated heterocycles. The normalized spacial score (nSPS) is 21.9. The minimum absolute atomic E-state index is 0.0172. The Morgan fingerprint density at radius 1 is 1.02 bits per heavy atom. The number of benzene rings is 2. The molecule has 3 heterocycles. The van der Waals surface area contributed by atoms with Crippen molar-refractivity contribution in [3.63, 3.8) is 0 Å². The predicted molar refractivity (Wildman–Crippen MR) is 163 cm³/mol. The largest absolute Gasteiger partial charge is 0.493 e. The third kappa shape index (κ3) is 6.33. The van der Waals surface area contributed by atoms with E-state index in [1.807, 2.05) is 24.0 Å².